The molecule has 0 saturated heterocycles. The summed E-state index contributed by atoms with van der Waals surface area (Å²) in [6.45, 7) is 7.32. The molecule has 1 amide bonds. The number of benzene rings is 1. The summed E-state index contributed by atoms with van der Waals surface area (Å²) >= 11 is 0. The Balaban J connectivity index is 2.76. The molecule has 0 bridgehead atoms. The molecule has 1 aromatic carbocycles. The van der Waals surface area contributed by atoms with Crippen LogP contribution in [-0.2, 0) is 16.0 Å². The molecule has 24 heavy (non-hydrogen) atoms. The third-order valence-electron chi connectivity index (χ3n) is 3.22. The maximum Gasteiger partial charge on any atom is 0.323 e. The summed E-state index contributed by atoms with van der Waals surface area (Å²) in [4.78, 5) is 24.4. The van der Waals surface area contributed by atoms with Crippen molar-refractivity contribution in [2.24, 2.45) is 5.92 Å². The maximum absolute atomic E-state index is 12.2. The van der Waals surface area contributed by atoms with Crippen molar-refractivity contribution >= 4 is 11.9 Å². The Morgan fingerprint density at radius 2 is 2.04 bits per heavy atom. The molecular weight excluding hydrogens is 310 g/mol. The van der Waals surface area contributed by atoms with Crippen molar-refractivity contribution in [2.45, 2.75) is 20.3 Å². The van der Waals surface area contributed by atoms with Gasteiger partial charge in [0.05, 0.1) is 7.11 Å². The topological polar surface area (TPSA) is 76.1 Å². The third kappa shape index (κ3) is 6.32. The van der Waals surface area contributed by atoms with Crippen molar-refractivity contribution in [1.29, 1.82) is 0 Å². The van der Waals surface area contributed by atoms with E-state index in [1.54, 1.807) is 12.1 Å². The highest BCUT2D eigenvalue weighted by Gasteiger charge is 2.19. The zero-order valence-corrected chi connectivity index (χ0v) is 14.4. The van der Waals surface area contributed by atoms with Crippen LogP contribution in [0.4, 0.5) is 0 Å². The van der Waals surface area contributed by atoms with Crippen molar-refractivity contribution in [1.82, 2.24) is 4.90 Å². The van der Waals surface area contributed by atoms with E-state index in [9.17, 15) is 9.59 Å². The van der Waals surface area contributed by atoms with Gasteiger partial charge in [0.15, 0.2) is 18.1 Å². The Labute approximate surface area is 142 Å². The highest BCUT2D eigenvalue weighted by atomic mass is 16.5. The lowest BCUT2D eigenvalue weighted by molar-refractivity contribution is -0.145. The molecule has 0 unspecified atom stereocenters. The largest absolute Gasteiger partial charge is 0.493 e. The number of methoxy groups -OCH3 is 1. The first kappa shape index (κ1) is 19.5. The molecule has 0 aliphatic carbocycles. The molecule has 1 aromatic rings. The molecule has 1 rings (SSSR count). The van der Waals surface area contributed by atoms with Gasteiger partial charge in [-0.25, -0.2) is 0 Å². The summed E-state index contributed by atoms with van der Waals surface area (Å²) in [5.41, 5.74) is 1.02. The van der Waals surface area contributed by atoms with E-state index in [1.807, 2.05) is 26.0 Å². The number of amides is 1. The number of hydrogen-bond acceptors (Lipinski definition) is 4. The fourth-order valence-electron chi connectivity index (χ4n) is 2.21. The van der Waals surface area contributed by atoms with Gasteiger partial charge in [-0.3, -0.25) is 9.59 Å². The minimum absolute atomic E-state index is 0.168. The van der Waals surface area contributed by atoms with E-state index in [1.165, 1.54) is 12.0 Å². The van der Waals surface area contributed by atoms with Crippen LogP contribution in [0.25, 0.3) is 0 Å². The first-order valence-corrected chi connectivity index (χ1v) is 7.77. The molecule has 0 spiro atoms. The van der Waals surface area contributed by atoms with E-state index in [4.69, 9.17) is 14.6 Å². The molecule has 132 valence electrons. The van der Waals surface area contributed by atoms with Gasteiger partial charge in [0.25, 0.3) is 5.91 Å². The van der Waals surface area contributed by atoms with Crippen LogP contribution in [-0.4, -0.2) is 48.7 Å². The van der Waals surface area contributed by atoms with E-state index in [0.29, 0.717) is 24.5 Å². The van der Waals surface area contributed by atoms with Gasteiger partial charge in [-0.1, -0.05) is 26.0 Å². The fourth-order valence-corrected chi connectivity index (χ4v) is 2.21. The lowest BCUT2D eigenvalue weighted by Crippen LogP contribution is -2.40. The molecule has 1 N–H and O–H groups in total. The minimum atomic E-state index is -1.05. The average Bonchev–Trinajstić information content (AvgIpc) is 2.51. The second-order valence-corrected chi connectivity index (χ2v) is 5.83. The van der Waals surface area contributed by atoms with E-state index in [-0.39, 0.29) is 25.0 Å². The predicted octanol–water partition coefficient (Wildman–Crippen LogP) is 2.37. The monoisotopic (exact) mass is 335 g/mol. The highest BCUT2D eigenvalue weighted by molar-refractivity contribution is 5.82. The summed E-state index contributed by atoms with van der Waals surface area (Å²) in [5.74, 6) is -0.283. The predicted molar refractivity (Wildman–Crippen MR) is 91.4 cm³/mol. The number of carboxylic acids is 1. The van der Waals surface area contributed by atoms with Crippen molar-refractivity contribution in [3.05, 3.63) is 36.4 Å². The van der Waals surface area contributed by atoms with Crippen LogP contribution in [0.15, 0.2) is 30.9 Å². The zero-order chi connectivity index (χ0) is 18.1. The average molecular weight is 335 g/mol. The summed E-state index contributed by atoms with van der Waals surface area (Å²) in [5, 5.41) is 8.93. The molecule has 6 heteroatoms. The minimum Gasteiger partial charge on any atom is -0.493 e. The van der Waals surface area contributed by atoms with Gasteiger partial charge in [0.1, 0.15) is 6.54 Å². The number of aliphatic carboxylic acids is 1. The first-order valence-electron chi connectivity index (χ1n) is 7.77. The lowest BCUT2D eigenvalue weighted by atomic mass is 10.1. The Morgan fingerprint density at radius 3 is 2.58 bits per heavy atom. The molecule has 0 atom stereocenters. The van der Waals surface area contributed by atoms with Crippen molar-refractivity contribution < 1.29 is 24.2 Å². The van der Waals surface area contributed by atoms with Gasteiger partial charge in [-0.05, 0) is 30.0 Å². The fraction of sp³-hybridized carbons (Fsp3) is 0.444. The molecule has 0 heterocycles. The Morgan fingerprint density at radius 1 is 1.33 bits per heavy atom. The molecule has 0 aliphatic heterocycles. The Bertz CT molecular complexity index is 583. The van der Waals surface area contributed by atoms with Crippen molar-refractivity contribution in [3.63, 3.8) is 0 Å². The van der Waals surface area contributed by atoms with Crippen molar-refractivity contribution in [2.75, 3.05) is 26.8 Å². The Hall–Kier alpha value is -2.50. The molecular formula is C18H25NO5. The summed E-state index contributed by atoms with van der Waals surface area (Å²) in [6.07, 6.45) is 2.49. The molecule has 0 saturated carbocycles. The number of nitrogens with zero attached hydrogens (tertiary/aromatic N) is 1. The normalized spacial score (nSPS) is 10.3. The van der Waals surface area contributed by atoms with Gasteiger partial charge in [-0.2, -0.15) is 0 Å². The standard InChI is InChI=1S/C18H25NO5/c1-5-6-14-7-8-15(16(9-14)23-4)24-12-17(20)19(10-13(2)3)11-18(21)22/h5,7-9,13H,1,6,10-12H2,2-4H3,(H,21,22). The number of hydrogen-bond donors (Lipinski definition) is 1. The van der Waals surface area contributed by atoms with Gasteiger partial charge < -0.3 is 19.5 Å². The SMILES string of the molecule is C=CCc1ccc(OCC(=O)N(CC(=O)O)CC(C)C)c(OC)c1. The lowest BCUT2D eigenvalue weighted by Gasteiger charge is -2.23. The van der Waals surface area contributed by atoms with E-state index < -0.39 is 5.97 Å². The van der Waals surface area contributed by atoms with Gasteiger partial charge in [0.2, 0.25) is 0 Å². The second-order valence-electron chi connectivity index (χ2n) is 5.83. The molecule has 0 radical (unpaired) electrons. The highest BCUT2D eigenvalue weighted by Crippen LogP contribution is 2.28. The first-order chi connectivity index (χ1) is 11.4. The van der Waals surface area contributed by atoms with E-state index in [0.717, 1.165) is 5.56 Å². The number of rotatable bonds is 10. The number of allylic oxidation sites excluding steroid dienone is 1. The maximum atomic E-state index is 12.2. The van der Waals surface area contributed by atoms with Gasteiger partial charge in [0, 0.05) is 6.54 Å². The molecule has 6 nitrogen and oxygen atoms in total. The van der Waals surface area contributed by atoms with Gasteiger partial charge in [-0.15, -0.1) is 6.58 Å². The van der Waals surface area contributed by atoms with Crippen molar-refractivity contribution in [3.8, 4) is 11.5 Å². The van der Waals surface area contributed by atoms with E-state index in [2.05, 4.69) is 6.58 Å². The number of carbonyl (C=O) groups excluding carboxylic acids is 1. The Kier molecular flexibility index (Phi) is 7.82. The van der Waals surface area contributed by atoms with Crippen LogP contribution >= 0.6 is 0 Å². The number of ether oxygens (including phenoxy) is 2. The summed E-state index contributed by atoms with van der Waals surface area (Å²) < 4.78 is 10.8. The quantitative estimate of drug-likeness (QED) is 0.664. The zero-order valence-electron chi connectivity index (χ0n) is 14.4. The van der Waals surface area contributed by atoms with Crippen LogP contribution < -0.4 is 9.47 Å². The summed E-state index contributed by atoms with van der Waals surface area (Å²) in [6, 6.07) is 5.42. The van der Waals surface area contributed by atoms with Crippen LogP contribution in [0.5, 0.6) is 11.5 Å². The van der Waals surface area contributed by atoms with Crippen LogP contribution in [0.3, 0.4) is 0 Å². The molecule has 0 fully saturated rings. The molecule has 0 aromatic heterocycles. The van der Waals surface area contributed by atoms with E-state index >= 15 is 0 Å². The summed E-state index contributed by atoms with van der Waals surface area (Å²) in [7, 11) is 1.52. The van der Waals surface area contributed by atoms with Gasteiger partial charge >= 0.3 is 5.97 Å². The second kappa shape index (κ2) is 9.60. The van der Waals surface area contributed by atoms with Crippen LogP contribution in [0.2, 0.25) is 0 Å². The molecule has 0 aliphatic rings. The number of carbonyl (C=O) groups is 2. The smallest absolute Gasteiger partial charge is 0.323 e. The number of carboxylic acid groups (broad SMARTS) is 1. The van der Waals surface area contributed by atoms with Crippen LogP contribution in [0, 0.1) is 5.92 Å². The third-order valence-corrected chi connectivity index (χ3v) is 3.22. The van der Waals surface area contributed by atoms with Crippen LogP contribution in [0.1, 0.15) is 19.4 Å².